The maximum absolute atomic E-state index is 12.2. The van der Waals surface area contributed by atoms with Crippen molar-refractivity contribution in [3.8, 4) is 5.75 Å². The molecule has 1 heterocycles. The fraction of sp³-hybridized carbons (Fsp3) is 0.357. The highest BCUT2D eigenvalue weighted by Gasteiger charge is 2.02. The number of nitrogens with zero attached hydrogens (tertiary/aromatic N) is 2. The van der Waals surface area contributed by atoms with Gasteiger partial charge in [0.25, 0.3) is 0 Å². The topological polar surface area (TPSA) is 39.1 Å². The summed E-state index contributed by atoms with van der Waals surface area (Å²) in [5, 5.41) is 7.40. The van der Waals surface area contributed by atoms with Crippen molar-refractivity contribution in [2.24, 2.45) is 0 Å². The third-order valence-electron chi connectivity index (χ3n) is 2.84. The summed E-state index contributed by atoms with van der Waals surface area (Å²) >= 11 is 0. The summed E-state index contributed by atoms with van der Waals surface area (Å²) in [4.78, 5) is 0. The van der Waals surface area contributed by atoms with Crippen molar-refractivity contribution >= 4 is 12.4 Å². The lowest BCUT2D eigenvalue weighted by atomic mass is 10.2. The van der Waals surface area contributed by atoms with Crippen molar-refractivity contribution in [2.45, 2.75) is 19.6 Å². The summed E-state index contributed by atoms with van der Waals surface area (Å²) in [5.41, 5.74) is 2.16. The summed E-state index contributed by atoms with van der Waals surface area (Å²) in [7, 11) is 1.67. The number of methoxy groups -OCH3 is 1. The lowest BCUT2D eigenvalue weighted by Crippen LogP contribution is -2.13. The zero-order valence-electron chi connectivity index (χ0n) is 11.4. The van der Waals surface area contributed by atoms with Gasteiger partial charge in [-0.2, -0.15) is 5.10 Å². The van der Waals surface area contributed by atoms with Gasteiger partial charge in [0.1, 0.15) is 12.4 Å². The van der Waals surface area contributed by atoms with E-state index in [1.165, 1.54) is 0 Å². The molecule has 0 amide bonds. The Bertz CT molecular complexity index is 519. The molecule has 0 unspecified atom stereocenters. The quantitative estimate of drug-likeness (QED) is 0.854. The van der Waals surface area contributed by atoms with E-state index in [0.717, 1.165) is 23.4 Å². The van der Waals surface area contributed by atoms with E-state index in [2.05, 4.69) is 10.4 Å². The zero-order chi connectivity index (χ0) is 13.5. The highest BCUT2D eigenvalue weighted by molar-refractivity contribution is 5.85. The fourth-order valence-corrected chi connectivity index (χ4v) is 1.90. The van der Waals surface area contributed by atoms with Gasteiger partial charge in [-0.25, -0.2) is 4.39 Å². The predicted octanol–water partition coefficient (Wildman–Crippen LogP) is 2.57. The predicted molar refractivity (Wildman–Crippen MR) is 79.0 cm³/mol. The molecule has 1 aromatic carbocycles. The normalized spacial score (nSPS) is 10.1. The van der Waals surface area contributed by atoms with E-state index >= 15 is 0 Å². The van der Waals surface area contributed by atoms with Crippen molar-refractivity contribution in [1.29, 1.82) is 0 Å². The molecule has 1 N–H and O–H groups in total. The Labute approximate surface area is 124 Å². The van der Waals surface area contributed by atoms with E-state index in [0.29, 0.717) is 13.1 Å². The van der Waals surface area contributed by atoms with Gasteiger partial charge in [0.15, 0.2) is 0 Å². The molecule has 0 aliphatic rings. The molecular formula is C14H19ClFN3O. The Hall–Kier alpha value is -1.59. The Morgan fingerprint density at radius 1 is 1.30 bits per heavy atom. The van der Waals surface area contributed by atoms with Crippen LogP contribution in [-0.2, 0) is 19.6 Å². The molecule has 4 nitrogen and oxygen atoms in total. The number of nitrogens with one attached hydrogen (secondary N) is 1. The minimum atomic E-state index is -0.393. The van der Waals surface area contributed by atoms with E-state index in [4.69, 9.17) is 4.74 Å². The number of ether oxygens (including phenoxy) is 1. The van der Waals surface area contributed by atoms with E-state index in [9.17, 15) is 4.39 Å². The number of alkyl halides is 1. The molecular weight excluding hydrogens is 281 g/mol. The molecule has 0 atom stereocenters. The fourth-order valence-electron chi connectivity index (χ4n) is 1.90. The first kappa shape index (κ1) is 16.5. The Morgan fingerprint density at radius 3 is 2.85 bits per heavy atom. The maximum atomic E-state index is 12.2. The second kappa shape index (κ2) is 8.55. The number of aryl methyl sites for hydroxylation is 1. The summed E-state index contributed by atoms with van der Waals surface area (Å²) < 4.78 is 19.1. The Balaban J connectivity index is 0.00000200. The van der Waals surface area contributed by atoms with Crippen LogP contribution in [0.1, 0.15) is 11.1 Å². The van der Waals surface area contributed by atoms with Gasteiger partial charge in [0.05, 0.1) is 19.9 Å². The van der Waals surface area contributed by atoms with Gasteiger partial charge in [0, 0.05) is 30.4 Å². The number of aromatic nitrogens is 2. The Morgan fingerprint density at radius 2 is 2.10 bits per heavy atom. The number of hydrogen-bond donors (Lipinski definition) is 1. The molecule has 110 valence electrons. The summed E-state index contributed by atoms with van der Waals surface area (Å²) in [6, 6.07) is 7.90. The highest BCUT2D eigenvalue weighted by atomic mass is 35.5. The van der Waals surface area contributed by atoms with Gasteiger partial charge in [-0.15, -0.1) is 12.4 Å². The molecule has 0 aliphatic heterocycles. The van der Waals surface area contributed by atoms with Gasteiger partial charge in [-0.05, 0) is 6.07 Å². The highest BCUT2D eigenvalue weighted by Crippen LogP contribution is 2.16. The number of halogens is 2. The number of hydrogen-bond acceptors (Lipinski definition) is 3. The van der Waals surface area contributed by atoms with Gasteiger partial charge in [-0.3, -0.25) is 4.68 Å². The number of para-hydroxylation sites is 1. The molecule has 0 radical (unpaired) electrons. The van der Waals surface area contributed by atoms with Crippen molar-refractivity contribution in [3.05, 3.63) is 47.8 Å². The van der Waals surface area contributed by atoms with Crippen molar-refractivity contribution in [3.63, 3.8) is 0 Å². The minimum Gasteiger partial charge on any atom is -0.496 e. The summed E-state index contributed by atoms with van der Waals surface area (Å²) in [6.07, 6.45) is 3.61. The molecule has 20 heavy (non-hydrogen) atoms. The molecule has 0 saturated heterocycles. The standard InChI is InChI=1S/C14H18FN3O.ClH/c1-19-14-5-3-2-4-13(14)10-16-8-12-9-17-18(11-12)7-6-15;/h2-5,9,11,16H,6-8,10H2,1H3;1H. The van der Waals surface area contributed by atoms with E-state index < -0.39 is 6.67 Å². The van der Waals surface area contributed by atoms with Crippen LogP contribution in [-0.4, -0.2) is 23.6 Å². The molecule has 0 aliphatic carbocycles. The van der Waals surface area contributed by atoms with Crippen LogP contribution >= 0.6 is 12.4 Å². The molecule has 2 aromatic rings. The third-order valence-corrected chi connectivity index (χ3v) is 2.84. The van der Waals surface area contributed by atoms with Crippen molar-refractivity contribution < 1.29 is 9.13 Å². The Kier molecular flexibility index (Phi) is 7.04. The second-order valence-electron chi connectivity index (χ2n) is 4.22. The smallest absolute Gasteiger partial charge is 0.123 e. The SMILES string of the molecule is COc1ccccc1CNCc1cnn(CCF)c1.Cl. The molecule has 6 heteroatoms. The van der Waals surface area contributed by atoms with Crippen LogP contribution in [0.4, 0.5) is 4.39 Å². The largest absolute Gasteiger partial charge is 0.496 e. The van der Waals surface area contributed by atoms with Crippen molar-refractivity contribution in [1.82, 2.24) is 15.1 Å². The lowest BCUT2D eigenvalue weighted by Gasteiger charge is -2.08. The molecule has 0 fully saturated rings. The first-order valence-corrected chi connectivity index (χ1v) is 6.23. The monoisotopic (exact) mass is 299 g/mol. The first-order chi connectivity index (χ1) is 9.33. The molecule has 2 rings (SSSR count). The van der Waals surface area contributed by atoms with Crippen LogP contribution in [0.3, 0.4) is 0 Å². The van der Waals surface area contributed by atoms with Crippen LogP contribution in [0.15, 0.2) is 36.7 Å². The van der Waals surface area contributed by atoms with Crippen LogP contribution in [0.25, 0.3) is 0 Å². The second-order valence-corrected chi connectivity index (χ2v) is 4.22. The van der Waals surface area contributed by atoms with Gasteiger partial charge in [-0.1, -0.05) is 18.2 Å². The van der Waals surface area contributed by atoms with Crippen LogP contribution < -0.4 is 10.1 Å². The number of rotatable bonds is 7. The average molecular weight is 300 g/mol. The molecule has 0 bridgehead atoms. The first-order valence-electron chi connectivity index (χ1n) is 6.23. The van der Waals surface area contributed by atoms with E-state index in [1.807, 2.05) is 30.5 Å². The van der Waals surface area contributed by atoms with E-state index in [-0.39, 0.29) is 12.4 Å². The lowest BCUT2D eigenvalue weighted by molar-refractivity contribution is 0.407. The van der Waals surface area contributed by atoms with Gasteiger partial charge >= 0.3 is 0 Å². The van der Waals surface area contributed by atoms with Crippen LogP contribution in [0.2, 0.25) is 0 Å². The van der Waals surface area contributed by atoms with Crippen LogP contribution in [0, 0.1) is 0 Å². The van der Waals surface area contributed by atoms with Gasteiger partial charge < -0.3 is 10.1 Å². The van der Waals surface area contributed by atoms with Crippen LogP contribution in [0.5, 0.6) is 5.75 Å². The average Bonchev–Trinajstić information content (AvgIpc) is 2.87. The number of benzene rings is 1. The molecule has 0 spiro atoms. The molecule has 0 saturated carbocycles. The molecule has 1 aromatic heterocycles. The van der Waals surface area contributed by atoms with Gasteiger partial charge in [0.2, 0.25) is 0 Å². The summed E-state index contributed by atoms with van der Waals surface area (Å²) in [5.74, 6) is 0.878. The minimum absolute atomic E-state index is 0. The summed E-state index contributed by atoms with van der Waals surface area (Å²) in [6.45, 7) is 1.34. The maximum Gasteiger partial charge on any atom is 0.123 e. The zero-order valence-corrected chi connectivity index (χ0v) is 12.2. The van der Waals surface area contributed by atoms with Crippen molar-refractivity contribution in [2.75, 3.05) is 13.8 Å². The third kappa shape index (κ3) is 4.51. The van der Waals surface area contributed by atoms with E-state index in [1.54, 1.807) is 18.0 Å².